The predicted molar refractivity (Wildman–Crippen MR) is 117 cm³/mol. The zero-order valence-corrected chi connectivity index (χ0v) is 22.3. The number of imidazole rings is 1. The molecule has 0 unspecified atom stereocenters. The minimum Gasteiger partial charge on any atom is -0.748 e. The number of unbranched alkanes of at least 4 members (excludes halogenated alkanes) is 9. The van der Waals surface area contributed by atoms with E-state index >= 15 is 0 Å². The van der Waals surface area contributed by atoms with Crippen LogP contribution in [0.25, 0.3) is 0 Å². The Morgan fingerprint density at radius 3 is 2.03 bits per heavy atom. The van der Waals surface area contributed by atoms with E-state index < -0.39 is 15.9 Å². The molecule has 1 aromatic heterocycles. The average Bonchev–Trinajstić information content (AvgIpc) is 3.02. The van der Waals surface area contributed by atoms with Crippen LogP contribution in [0.2, 0.25) is 0 Å². The van der Waals surface area contributed by atoms with Crippen molar-refractivity contribution in [2.45, 2.75) is 96.6 Å². The second kappa shape index (κ2) is 17.9. The number of aliphatic hydroxyl groups is 2. The van der Waals surface area contributed by atoms with E-state index in [4.69, 9.17) is 0 Å². The maximum Gasteiger partial charge on any atom is 1.00 e. The molecule has 0 atom stereocenters. The van der Waals surface area contributed by atoms with Crippen LogP contribution in [0.4, 0.5) is 0 Å². The molecule has 170 valence electrons. The first-order valence-electron chi connectivity index (χ1n) is 10.7. The minimum absolute atomic E-state index is 0. The zero-order valence-electron chi connectivity index (χ0n) is 18.6. The average molecular weight is 473 g/mol. The van der Waals surface area contributed by atoms with Gasteiger partial charge in [0.15, 0.2) is 0 Å². The van der Waals surface area contributed by atoms with E-state index in [0.29, 0.717) is 29.5 Å². The van der Waals surface area contributed by atoms with Gasteiger partial charge in [0.25, 0.3) is 0 Å². The monoisotopic (exact) mass is 472 g/mol. The molecule has 0 fully saturated rings. The molecule has 0 bridgehead atoms. The van der Waals surface area contributed by atoms with Crippen LogP contribution in [0, 0.1) is 0 Å². The van der Waals surface area contributed by atoms with Gasteiger partial charge in [-0.15, -0.1) is 0 Å². The van der Waals surface area contributed by atoms with Crippen LogP contribution in [-0.2, 0) is 35.6 Å². The van der Waals surface area contributed by atoms with E-state index in [-0.39, 0.29) is 48.5 Å². The van der Waals surface area contributed by atoms with Crippen LogP contribution in [0.3, 0.4) is 0 Å². The van der Waals surface area contributed by atoms with Gasteiger partial charge in [-0.2, -0.15) is 11.8 Å². The molecule has 2 N–H and O–H groups in total. The SMILES string of the molecule is CCCCCCCCCCCCn1c(CO)nc(CSCCS(=O)(=O)[O-])c1CO.[Na+]. The summed E-state index contributed by atoms with van der Waals surface area (Å²) in [4.78, 5) is 4.40. The minimum atomic E-state index is -4.22. The van der Waals surface area contributed by atoms with Crippen LogP contribution < -0.4 is 29.6 Å². The van der Waals surface area contributed by atoms with Gasteiger partial charge in [-0.3, -0.25) is 0 Å². The van der Waals surface area contributed by atoms with Crippen molar-refractivity contribution in [2.75, 3.05) is 11.5 Å². The molecule has 10 heteroatoms. The van der Waals surface area contributed by atoms with Crippen molar-refractivity contribution in [3.05, 3.63) is 17.2 Å². The molecule has 0 saturated carbocycles. The normalized spacial score (nSPS) is 11.6. The number of aromatic nitrogens is 2. The van der Waals surface area contributed by atoms with Gasteiger partial charge in [0.05, 0.1) is 28.1 Å². The second-order valence-corrected chi connectivity index (χ2v) is 10.0. The first-order valence-corrected chi connectivity index (χ1v) is 13.5. The van der Waals surface area contributed by atoms with Crippen LogP contribution in [0.5, 0.6) is 0 Å². The topological polar surface area (TPSA) is 115 Å². The standard InChI is InChI=1S/C20H38N2O5S2.Na/c1-2-3-4-5-6-7-8-9-10-11-12-22-19(15-23)18(21-20(22)16-24)17-28-13-14-29(25,26)27;/h23-24H,2-17H2,1H3,(H,25,26,27);/q;+1/p-1. The van der Waals surface area contributed by atoms with Crippen molar-refractivity contribution in [1.29, 1.82) is 0 Å². The number of nitrogens with zero attached hydrogens (tertiary/aromatic N) is 2. The summed E-state index contributed by atoms with van der Waals surface area (Å²) < 4.78 is 33.9. The molecule has 0 aromatic carbocycles. The van der Waals surface area contributed by atoms with Gasteiger partial charge >= 0.3 is 29.6 Å². The molecule has 30 heavy (non-hydrogen) atoms. The maximum absolute atomic E-state index is 10.7. The van der Waals surface area contributed by atoms with Crippen LogP contribution >= 0.6 is 11.8 Å². The Morgan fingerprint density at radius 1 is 0.967 bits per heavy atom. The van der Waals surface area contributed by atoms with Gasteiger partial charge in [-0.1, -0.05) is 64.7 Å². The van der Waals surface area contributed by atoms with Gasteiger partial charge in [-0.05, 0) is 6.42 Å². The molecule has 0 radical (unpaired) electrons. The molecule has 1 rings (SSSR count). The largest absolute Gasteiger partial charge is 1.00 e. The van der Waals surface area contributed by atoms with Crippen molar-refractivity contribution in [2.24, 2.45) is 0 Å². The fourth-order valence-corrected chi connectivity index (χ4v) is 5.21. The Labute approximate surface area is 208 Å². The molecule has 1 aromatic rings. The maximum atomic E-state index is 10.7. The first-order chi connectivity index (χ1) is 13.9. The van der Waals surface area contributed by atoms with Crippen molar-refractivity contribution < 1.29 is 52.7 Å². The summed E-state index contributed by atoms with van der Waals surface area (Å²) in [5, 5.41) is 19.4. The molecule has 0 amide bonds. The van der Waals surface area contributed by atoms with Crippen molar-refractivity contribution in [3.63, 3.8) is 0 Å². The van der Waals surface area contributed by atoms with Gasteiger partial charge < -0.3 is 19.3 Å². The summed E-state index contributed by atoms with van der Waals surface area (Å²) in [5.74, 6) is 0.704. The van der Waals surface area contributed by atoms with Gasteiger partial charge in [-0.25, -0.2) is 13.4 Å². The smallest absolute Gasteiger partial charge is 0.748 e. The molecule has 0 spiro atoms. The van der Waals surface area contributed by atoms with Crippen LogP contribution in [0.1, 0.15) is 88.3 Å². The molecular weight excluding hydrogens is 435 g/mol. The third-order valence-electron chi connectivity index (χ3n) is 4.98. The Bertz CT molecular complexity index is 668. The molecule has 0 aliphatic carbocycles. The number of hydrogen-bond acceptors (Lipinski definition) is 7. The quantitative estimate of drug-likeness (QED) is 0.182. The van der Waals surface area contributed by atoms with Gasteiger partial charge in [0.1, 0.15) is 12.4 Å². The molecule has 1 heterocycles. The number of hydrogen-bond donors (Lipinski definition) is 2. The van der Waals surface area contributed by atoms with Gasteiger partial charge in [0.2, 0.25) is 0 Å². The molecular formula is C20H37N2NaO5S2. The first kappa shape index (κ1) is 30.4. The molecule has 0 aliphatic heterocycles. The number of thioether (sulfide) groups is 1. The zero-order chi connectivity index (χ0) is 21.5. The number of aliphatic hydroxyl groups excluding tert-OH is 2. The fraction of sp³-hybridized carbons (Fsp3) is 0.850. The summed E-state index contributed by atoms with van der Waals surface area (Å²) in [5.41, 5.74) is 1.32. The molecule has 0 aliphatic rings. The van der Waals surface area contributed by atoms with E-state index in [1.165, 1.54) is 63.1 Å². The van der Waals surface area contributed by atoms with Gasteiger partial charge in [0, 0.05) is 23.8 Å². The summed E-state index contributed by atoms with van der Waals surface area (Å²) in [6, 6.07) is 0. The number of rotatable bonds is 18. The summed E-state index contributed by atoms with van der Waals surface area (Å²) in [7, 11) is -4.22. The summed E-state index contributed by atoms with van der Waals surface area (Å²) >= 11 is 1.29. The second-order valence-electron chi connectivity index (χ2n) is 7.39. The third-order valence-corrected chi connectivity index (χ3v) is 6.91. The van der Waals surface area contributed by atoms with E-state index in [9.17, 15) is 23.2 Å². The predicted octanol–water partition coefficient (Wildman–Crippen LogP) is 0.571. The van der Waals surface area contributed by atoms with Crippen LogP contribution in [0.15, 0.2) is 0 Å². The molecule has 7 nitrogen and oxygen atoms in total. The van der Waals surface area contributed by atoms with Crippen molar-refractivity contribution >= 4 is 21.9 Å². The van der Waals surface area contributed by atoms with Crippen LogP contribution in [-0.4, -0.2) is 44.2 Å². The van der Waals surface area contributed by atoms with E-state index in [1.807, 2.05) is 4.57 Å². The van der Waals surface area contributed by atoms with Crippen molar-refractivity contribution in [3.8, 4) is 0 Å². The molecule has 0 saturated heterocycles. The van der Waals surface area contributed by atoms with Crippen molar-refractivity contribution in [1.82, 2.24) is 9.55 Å². The Balaban J connectivity index is 0.00000841. The third kappa shape index (κ3) is 13.1. The Kier molecular flexibility index (Phi) is 18.1. The fourth-order valence-electron chi connectivity index (χ4n) is 3.36. The summed E-state index contributed by atoms with van der Waals surface area (Å²) in [6.07, 6.45) is 12.4. The Morgan fingerprint density at radius 2 is 1.53 bits per heavy atom. The Hall–Kier alpha value is 0.390. The summed E-state index contributed by atoms with van der Waals surface area (Å²) in [6.45, 7) is 2.55. The van der Waals surface area contributed by atoms with E-state index in [2.05, 4.69) is 11.9 Å². The van der Waals surface area contributed by atoms with E-state index in [1.54, 1.807) is 0 Å². The van der Waals surface area contributed by atoms with E-state index in [0.717, 1.165) is 12.8 Å².